The Hall–Kier alpha value is -3.11. The molecule has 1 aliphatic rings. The normalized spacial score (nSPS) is 17.9. The maximum atomic E-state index is 12.4. The molecule has 9 nitrogen and oxygen atoms in total. The van der Waals surface area contributed by atoms with Crippen LogP contribution in [0.25, 0.3) is 0 Å². The van der Waals surface area contributed by atoms with Gasteiger partial charge in [-0.25, -0.2) is 17.5 Å². The zero-order chi connectivity index (χ0) is 21.5. The van der Waals surface area contributed by atoms with Crippen molar-refractivity contribution in [2.75, 3.05) is 15.4 Å². The molecular formula is C18H15ClN2O7S. The molecule has 0 spiro atoms. The summed E-state index contributed by atoms with van der Waals surface area (Å²) in [6.07, 6.45) is 0. The Labute approximate surface area is 170 Å². The molecule has 0 aliphatic carbocycles. The van der Waals surface area contributed by atoms with Crippen LogP contribution in [0.4, 0.5) is 11.4 Å². The summed E-state index contributed by atoms with van der Waals surface area (Å²) < 4.78 is 25.0. The summed E-state index contributed by atoms with van der Waals surface area (Å²) in [6.45, 7) is 1.51. The van der Waals surface area contributed by atoms with E-state index in [1.807, 2.05) is 0 Å². The van der Waals surface area contributed by atoms with Gasteiger partial charge in [-0.05, 0) is 30.3 Å². The minimum atomic E-state index is -3.80. The number of carboxylic acid groups (broad SMARTS) is 1. The van der Waals surface area contributed by atoms with Crippen LogP contribution in [-0.2, 0) is 14.8 Å². The first kappa shape index (κ1) is 20.6. The van der Waals surface area contributed by atoms with Gasteiger partial charge in [-0.15, -0.1) is 0 Å². The highest BCUT2D eigenvalue weighted by Gasteiger charge is 2.42. The minimum Gasteiger partial charge on any atom is -0.507 e. The van der Waals surface area contributed by atoms with Gasteiger partial charge in [-0.1, -0.05) is 18.5 Å². The standard InChI is InChI=1S/C18H15ClN2O7S/c1-9-8-29(27,28)21(17(9)24)11-3-5-12(14(19)7-11)16(23)20-10-2-4-13(18(25)26)15(22)6-10/h2-7,9,22H,8H2,1H3,(H,20,23)(H,25,26). The van der Waals surface area contributed by atoms with Gasteiger partial charge in [0.1, 0.15) is 11.3 Å². The van der Waals surface area contributed by atoms with Crippen LogP contribution in [0.2, 0.25) is 5.02 Å². The summed E-state index contributed by atoms with van der Waals surface area (Å²) >= 11 is 6.12. The maximum absolute atomic E-state index is 12.4. The van der Waals surface area contributed by atoms with Crippen molar-refractivity contribution in [1.29, 1.82) is 0 Å². The molecule has 1 aliphatic heterocycles. The van der Waals surface area contributed by atoms with E-state index in [-0.39, 0.29) is 33.3 Å². The third-order valence-corrected chi connectivity index (χ3v) is 6.46. The van der Waals surface area contributed by atoms with Crippen molar-refractivity contribution in [3.05, 3.63) is 52.5 Å². The number of aromatic hydroxyl groups is 1. The number of aromatic carboxylic acids is 1. The lowest BCUT2D eigenvalue weighted by Gasteiger charge is -2.16. The molecule has 2 amide bonds. The number of nitrogens with one attached hydrogen (secondary N) is 1. The molecule has 1 atom stereocenters. The third kappa shape index (κ3) is 3.89. The van der Waals surface area contributed by atoms with Crippen LogP contribution in [0.3, 0.4) is 0 Å². The van der Waals surface area contributed by atoms with E-state index in [0.717, 1.165) is 12.1 Å². The summed E-state index contributed by atoms with van der Waals surface area (Å²) in [5.74, 6) is -4.08. The number of nitrogens with zero attached hydrogens (tertiary/aromatic N) is 1. The van der Waals surface area contributed by atoms with Crippen molar-refractivity contribution in [2.24, 2.45) is 5.92 Å². The lowest BCUT2D eigenvalue weighted by Crippen LogP contribution is -2.30. The van der Waals surface area contributed by atoms with Gasteiger partial charge in [0.05, 0.1) is 27.9 Å². The lowest BCUT2D eigenvalue weighted by molar-refractivity contribution is -0.119. The molecule has 0 saturated carbocycles. The molecule has 0 aromatic heterocycles. The van der Waals surface area contributed by atoms with E-state index < -0.39 is 39.5 Å². The number of hydrogen-bond donors (Lipinski definition) is 3. The molecule has 1 saturated heterocycles. The number of amides is 2. The number of hydrogen-bond acceptors (Lipinski definition) is 6. The number of halogens is 1. The van der Waals surface area contributed by atoms with Gasteiger partial charge in [0.2, 0.25) is 15.9 Å². The van der Waals surface area contributed by atoms with Gasteiger partial charge in [0, 0.05) is 11.8 Å². The van der Waals surface area contributed by atoms with Crippen molar-refractivity contribution in [3.63, 3.8) is 0 Å². The first-order chi connectivity index (χ1) is 13.5. The van der Waals surface area contributed by atoms with E-state index in [9.17, 15) is 27.9 Å². The Bertz CT molecular complexity index is 1150. The minimum absolute atomic E-state index is 0.00527. The van der Waals surface area contributed by atoms with Gasteiger partial charge < -0.3 is 15.5 Å². The number of anilines is 2. The molecule has 152 valence electrons. The van der Waals surface area contributed by atoms with Crippen LogP contribution in [0.15, 0.2) is 36.4 Å². The molecule has 1 heterocycles. The van der Waals surface area contributed by atoms with E-state index in [4.69, 9.17) is 16.7 Å². The fourth-order valence-corrected chi connectivity index (χ4v) is 4.96. The average Bonchev–Trinajstić information content (AvgIpc) is 2.81. The Morgan fingerprint density at radius 1 is 1.17 bits per heavy atom. The topological polar surface area (TPSA) is 141 Å². The molecule has 2 aromatic rings. The predicted octanol–water partition coefficient (Wildman–Crippen LogP) is 2.31. The average molecular weight is 439 g/mol. The number of sulfonamides is 1. The predicted molar refractivity (Wildman–Crippen MR) is 105 cm³/mol. The molecule has 1 fully saturated rings. The number of carbonyl (C=O) groups excluding carboxylic acids is 2. The number of benzene rings is 2. The summed E-state index contributed by atoms with van der Waals surface area (Å²) in [5, 5.41) is 21.0. The van der Waals surface area contributed by atoms with Crippen LogP contribution in [0.5, 0.6) is 5.75 Å². The maximum Gasteiger partial charge on any atom is 0.339 e. The largest absolute Gasteiger partial charge is 0.507 e. The highest BCUT2D eigenvalue weighted by Crippen LogP contribution is 2.32. The van der Waals surface area contributed by atoms with Gasteiger partial charge in [-0.3, -0.25) is 9.59 Å². The lowest BCUT2D eigenvalue weighted by atomic mass is 10.1. The van der Waals surface area contributed by atoms with E-state index >= 15 is 0 Å². The highest BCUT2D eigenvalue weighted by atomic mass is 35.5. The Balaban J connectivity index is 1.85. The molecule has 2 aromatic carbocycles. The number of carboxylic acids is 1. The quantitative estimate of drug-likeness (QED) is 0.664. The zero-order valence-electron chi connectivity index (χ0n) is 14.9. The van der Waals surface area contributed by atoms with E-state index in [0.29, 0.717) is 4.31 Å². The Kier molecular flexibility index (Phi) is 5.24. The molecule has 0 bridgehead atoms. The second-order valence-corrected chi connectivity index (χ2v) is 8.71. The van der Waals surface area contributed by atoms with Crippen molar-refractivity contribution < 1.29 is 33.0 Å². The third-order valence-electron chi connectivity index (χ3n) is 4.28. The Morgan fingerprint density at radius 3 is 2.34 bits per heavy atom. The fraction of sp³-hybridized carbons (Fsp3) is 0.167. The van der Waals surface area contributed by atoms with Gasteiger partial charge >= 0.3 is 5.97 Å². The van der Waals surface area contributed by atoms with E-state index in [2.05, 4.69) is 5.32 Å². The highest BCUT2D eigenvalue weighted by molar-refractivity contribution is 7.94. The number of rotatable bonds is 4. The van der Waals surface area contributed by atoms with Crippen molar-refractivity contribution in [3.8, 4) is 5.75 Å². The molecule has 3 N–H and O–H groups in total. The molecule has 0 radical (unpaired) electrons. The van der Waals surface area contributed by atoms with Gasteiger partial charge in [0.15, 0.2) is 0 Å². The first-order valence-electron chi connectivity index (χ1n) is 8.25. The van der Waals surface area contributed by atoms with Gasteiger partial charge in [0.25, 0.3) is 5.91 Å². The molecular weight excluding hydrogens is 424 g/mol. The molecule has 3 rings (SSSR count). The fourth-order valence-electron chi connectivity index (χ4n) is 2.89. The van der Waals surface area contributed by atoms with Crippen molar-refractivity contribution in [2.45, 2.75) is 6.92 Å². The van der Waals surface area contributed by atoms with Crippen molar-refractivity contribution >= 4 is 50.8 Å². The molecule has 1 unspecified atom stereocenters. The summed E-state index contributed by atoms with van der Waals surface area (Å²) in [4.78, 5) is 35.5. The first-order valence-corrected chi connectivity index (χ1v) is 10.2. The summed E-state index contributed by atoms with van der Waals surface area (Å²) in [7, 11) is -3.80. The van der Waals surface area contributed by atoms with Crippen LogP contribution in [0.1, 0.15) is 27.6 Å². The summed E-state index contributed by atoms with van der Waals surface area (Å²) in [5.41, 5.74) is -0.168. The van der Waals surface area contributed by atoms with Crippen LogP contribution < -0.4 is 9.62 Å². The van der Waals surface area contributed by atoms with E-state index in [1.54, 1.807) is 0 Å². The number of phenols is 1. The van der Waals surface area contributed by atoms with Gasteiger partial charge in [-0.2, -0.15) is 0 Å². The second-order valence-electron chi connectivity index (χ2n) is 6.44. The zero-order valence-corrected chi connectivity index (χ0v) is 16.5. The van der Waals surface area contributed by atoms with Crippen LogP contribution in [0, 0.1) is 5.92 Å². The molecule has 11 heteroatoms. The van der Waals surface area contributed by atoms with Crippen molar-refractivity contribution in [1.82, 2.24) is 0 Å². The second kappa shape index (κ2) is 7.37. The smallest absolute Gasteiger partial charge is 0.339 e. The van der Waals surface area contributed by atoms with Crippen LogP contribution in [-0.4, -0.2) is 42.2 Å². The SMILES string of the molecule is CC1CS(=O)(=O)N(c2ccc(C(=O)Nc3ccc(C(=O)O)c(O)c3)c(Cl)c2)C1=O. The Morgan fingerprint density at radius 2 is 1.83 bits per heavy atom. The molecule has 29 heavy (non-hydrogen) atoms. The summed E-state index contributed by atoms with van der Waals surface area (Å²) in [6, 6.07) is 7.25. The monoisotopic (exact) mass is 438 g/mol. The number of carbonyl (C=O) groups is 3. The van der Waals surface area contributed by atoms with Crippen LogP contribution >= 0.6 is 11.6 Å². The van der Waals surface area contributed by atoms with E-state index in [1.165, 1.54) is 31.2 Å².